The number of aryl methyl sites for hydroxylation is 1. The molecule has 2 rings (SSSR count). The van der Waals surface area contributed by atoms with E-state index in [9.17, 15) is 9.59 Å². The lowest BCUT2D eigenvalue weighted by Crippen LogP contribution is -2.43. The lowest BCUT2D eigenvalue weighted by molar-refractivity contribution is -0.139. The molecule has 0 aliphatic carbocycles. The second kappa shape index (κ2) is 4.25. The van der Waals surface area contributed by atoms with Crippen LogP contribution >= 0.6 is 11.3 Å². The van der Waals surface area contributed by atoms with Gasteiger partial charge in [-0.25, -0.2) is 4.79 Å². The Bertz CT molecular complexity index is 427. The molecule has 1 N–H and O–H groups in total. The third kappa shape index (κ3) is 1.82. The Kier molecular flexibility index (Phi) is 2.96. The first-order valence-corrected chi connectivity index (χ1v) is 6.10. The summed E-state index contributed by atoms with van der Waals surface area (Å²) in [5.41, 5.74) is 0.780. The smallest absolute Gasteiger partial charge is 0.326 e. The van der Waals surface area contributed by atoms with Gasteiger partial charge < -0.3 is 5.11 Å². The Morgan fingerprint density at radius 1 is 1.56 bits per heavy atom. The number of rotatable bonds is 2. The predicted molar refractivity (Wildman–Crippen MR) is 61.8 cm³/mol. The van der Waals surface area contributed by atoms with Gasteiger partial charge in [-0.15, -0.1) is 11.3 Å². The summed E-state index contributed by atoms with van der Waals surface area (Å²) in [4.78, 5) is 25.4. The lowest BCUT2D eigenvalue weighted by Gasteiger charge is -2.25. The molecule has 1 unspecified atom stereocenters. The molecule has 0 saturated carbocycles. The highest BCUT2D eigenvalue weighted by Crippen LogP contribution is 2.32. The number of anilines is 1. The number of thiophene rings is 1. The molecule has 5 heteroatoms. The molecule has 2 heterocycles. The van der Waals surface area contributed by atoms with Gasteiger partial charge in [-0.2, -0.15) is 0 Å². The van der Waals surface area contributed by atoms with Crippen molar-refractivity contribution in [1.29, 1.82) is 0 Å². The highest BCUT2D eigenvalue weighted by Gasteiger charge is 2.30. The predicted octanol–water partition coefficient (Wildman–Crippen LogP) is 1.89. The van der Waals surface area contributed by atoms with E-state index in [1.807, 2.05) is 11.4 Å². The van der Waals surface area contributed by atoms with Crippen molar-refractivity contribution in [2.45, 2.75) is 32.2 Å². The molecular formula is C11H13NO3S. The molecule has 86 valence electrons. The largest absolute Gasteiger partial charge is 0.480 e. The van der Waals surface area contributed by atoms with Crippen molar-refractivity contribution in [1.82, 2.24) is 0 Å². The highest BCUT2D eigenvalue weighted by atomic mass is 32.1. The van der Waals surface area contributed by atoms with Crippen molar-refractivity contribution in [2.75, 3.05) is 4.90 Å². The molecule has 0 radical (unpaired) electrons. The van der Waals surface area contributed by atoms with Crippen LogP contribution in [0.25, 0.3) is 0 Å². The standard InChI is InChI=1S/C11H13NO3S/c1-7(11(14)15)12-8-5-6-16-9(8)3-2-4-10(12)13/h5-7H,2-4H2,1H3,(H,14,15). The molecule has 0 fully saturated rings. The van der Waals surface area contributed by atoms with E-state index in [0.29, 0.717) is 6.42 Å². The Morgan fingerprint density at radius 3 is 3.00 bits per heavy atom. The Balaban J connectivity index is 2.41. The summed E-state index contributed by atoms with van der Waals surface area (Å²) in [6.07, 6.45) is 2.09. The minimum atomic E-state index is -0.965. The van der Waals surface area contributed by atoms with Gasteiger partial charge in [0.05, 0.1) is 5.69 Å². The average molecular weight is 239 g/mol. The van der Waals surface area contributed by atoms with Crippen molar-refractivity contribution in [2.24, 2.45) is 0 Å². The van der Waals surface area contributed by atoms with E-state index in [-0.39, 0.29) is 5.91 Å². The second-order valence-electron chi connectivity index (χ2n) is 3.86. The maximum absolute atomic E-state index is 11.9. The van der Waals surface area contributed by atoms with Gasteiger partial charge in [0.15, 0.2) is 0 Å². The van der Waals surface area contributed by atoms with Crippen molar-refractivity contribution in [3.8, 4) is 0 Å². The molecule has 1 amide bonds. The summed E-state index contributed by atoms with van der Waals surface area (Å²) < 4.78 is 0. The highest BCUT2D eigenvalue weighted by molar-refractivity contribution is 7.10. The van der Waals surface area contributed by atoms with Crippen molar-refractivity contribution in [3.63, 3.8) is 0 Å². The van der Waals surface area contributed by atoms with Gasteiger partial charge in [0.25, 0.3) is 0 Å². The number of carboxylic acid groups (broad SMARTS) is 1. The average Bonchev–Trinajstić information content (AvgIpc) is 2.61. The lowest BCUT2D eigenvalue weighted by atomic mass is 10.2. The molecule has 0 spiro atoms. The fourth-order valence-corrected chi connectivity index (χ4v) is 2.84. The van der Waals surface area contributed by atoms with Crippen LogP contribution < -0.4 is 4.90 Å². The number of hydrogen-bond acceptors (Lipinski definition) is 3. The minimum Gasteiger partial charge on any atom is -0.480 e. The Morgan fingerprint density at radius 2 is 2.31 bits per heavy atom. The minimum absolute atomic E-state index is 0.0907. The molecule has 0 bridgehead atoms. The fraction of sp³-hybridized carbons (Fsp3) is 0.455. The number of carbonyl (C=O) groups excluding carboxylic acids is 1. The first-order valence-electron chi connectivity index (χ1n) is 5.22. The molecular weight excluding hydrogens is 226 g/mol. The topological polar surface area (TPSA) is 57.6 Å². The number of aliphatic carboxylic acids is 1. The first kappa shape index (κ1) is 11.1. The van der Waals surface area contributed by atoms with Crippen LogP contribution in [0.2, 0.25) is 0 Å². The van der Waals surface area contributed by atoms with Crippen molar-refractivity contribution >= 4 is 28.9 Å². The molecule has 1 aromatic heterocycles. The molecule has 1 aliphatic rings. The first-order chi connectivity index (χ1) is 7.61. The van der Waals surface area contributed by atoms with E-state index in [2.05, 4.69) is 0 Å². The fourth-order valence-electron chi connectivity index (χ4n) is 1.93. The summed E-state index contributed by atoms with van der Waals surface area (Å²) in [5, 5.41) is 10.9. The summed E-state index contributed by atoms with van der Waals surface area (Å²) in [6, 6.07) is 1.04. The van der Waals surface area contributed by atoms with Gasteiger partial charge in [0, 0.05) is 11.3 Å². The summed E-state index contributed by atoms with van der Waals surface area (Å²) >= 11 is 1.59. The van der Waals surface area contributed by atoms with Gasteiger partial charge in [0.1, 0.15) is 6.04 Å². The Hall–Kier alpha value is -1.36. The van der Waals surface area contributed by atoms with Crippen LogP contribution in [0.5, 0.6) is 0 Å². The molecule has 4 nitrogen and oxygen atoms in total. The molecule has 0 saturated heterocycles. The van der Waals surface area contributed by atoms with Crippen molar-refractivity contribution in [3.05, 3.63) is 16.3 Å². The summed E-state index contributed by atoms with van der Waals surface area (Å²) in [6.45, 7) is 1.55. The van der Waals surface area contributed by atoms with E-state index in [4.69, 9.17) is 5.11 Å². The molecule has 1 aromatic rings. The number of amides is 1. The zero-order valence-corrected chi connectivity index (χ0v) is 9.79. The monoisotopic (exact) mass is 239 g/mol. The van der Waals surface area contributed by atoms with Gasteiger partial charge in [0.2, 0.25) is 5.91 Å². The van der Waals surface area contributed by atoms with Gasteiger partial charge >= 0.3 is 5.97 Å². The van der Waals surface area contributed by atoms with Crippen LogP contribution in [0.15, 0.2) is 11.4 Å². The Labute approximate surface area is 97.5 Å². The van der Waals surface area contributed by atoms with E-state index in [0.717, 1.165) is 23.4 Å². The van der Waals surface area contributed by atoms with E-state index in [1.165, 1.54) is 4.90 Å². The number of hydrogen-bond donors (Lipinski definition) is 1. The maximum Gasteiger partial charge on any atom is 0.326 e. The second-order valence-corrected chi connectivity index (χ2v) is 4.86. The molecule has 1 atom stereocenters. The van der Waals surface area contributed by atoms with Gasteiger partial charge in [-0.3, -0.25) is 9.69 Å². The molecule has 16 heavy (non-hydrogen) atoms. The van der Waals surface area contributed by atoms with E-state index >= 15 is 0 Å². The van der Waals surface area contributed by atoms with Crippen LogP contribution in [-0.4, -0.2) is 23.0 Å². The SMILES string of the molecule is CC(C(=O)O)N1C(=O)CCCc2sccc21. The van der Waals surface area contributed by atoms with Crippen LogP contribution in [0.3, 0.4) is 0 Å². The van der Waals surface area contributed by atoms with Crippen molar-refractivity contribution < 1.29 is 14.7 Å². The third-order valence-corrected chi connectivity index (χ3v) is 3.76. The van der Waals surface area contributed by atoms with Gasteiger partial charge in [-0.1, -0.05) is 0 Å². The molecule has 1 aliphatic heterocycles. The quantitative estimate of drug-likeness (QED) is 0.857. The van der Waals surface area contributed by atoms with Gasteiger partial charge in [-0.05, 0) is 31.2 Å². The van der Waals surface area contributed by atoms with E-state index in [1.54, 1.807) is 18.3 Å². The summed E-state index contributed by atoms with van der Waals surface area (Å²) in [5.74, 6) is -1.06. The summed E-state index contributed by atoms with van der Waals surface area (Å²) in [7, 11) is 0. The zero-order valence-electron chi connectivity index (χ0n) is 8.97. The number of nitrogens with zero attached hydrogens (tertiary/aromatic N) is 1. The number of carbonyl (C=O) groups is 2. The maximum atomic E-state index is 11.9. The third-order valence-electron chi connectivity index (χ3n) is 2.79. The van der Waals surface area contributed by atoms with Crippen LogP contribution in [-0.2, 0) is 16.0 Å². The molecule has 0 aromatic carbocycles. The van der Waals surface area contributed by atoms with Crippen LogP contribution in [0.4, 0.5) is 5.69 Å². The normalized spacial score (nSPS) is 17.8. The number of fused-ring (bicyclic) bond motifs is 1. The number of carboxylic acids is 1. The van der Waals surface area contributed by atoms with E-state index < -0.39 is 12.0 Å². The van der Waals surface area contributed by atoms with Crippen LogP contribution in [0, 0.1) is 0 Å². The zero-order chi connectivity index (χ0) is 11.7. The van der Waals surface area contributed by atoms with Crippen LogP contribution in [0.1, 0.15) is 24.6 Å².